The van der Waals surface area contributed by atoms with Crippen LogP contribution in [0.2, 0.25) is 0 Å². The van der Waals surface area contributed by atoms with Crippen LogP contribution in [0.1, 0.15) is 15.9 Å². The Hall–Kier alpha value is -1.81. The first-order chi connectivity index (χ1) is 9.56. The van der Waals surface area contributed by atoms with Gasteiger partial charge in [0.25, 0.3) is 5.91 Å². The molecule has 1 N–H and O–H groups in total. The number of hydrogen-bond donors (Lipinski definition) is 1. The van der Waals surface area contributed by atoms with Gasteiger partial charge < -0.3 is 10.2 Å². The predicted octanol–water partition coefficient (Wildman–Crippen LogP) is 3.45. The molecule has 1 amide bonds. The van der Waals surface area contributed by atoms with E-state index in [1.54, 1.807) is 0 Å². The number of rotatable bonds is 4. The third-order valence-electron chi connectivity index (χ3n) is 2.99. The minimum atomic E-state index is -0.0599. The first-order valence-corrected chi connectivity index (χ1v) is 7.15. The molecule has 0 aliphatic rings. The van der Waals surface area contributed by atoms with Crippen molar-refractivity contribution in [2.45, 2.75) is 6.54 Å². The number of halogens is 1. The summed E-state index contributed by atoms with van der Waals surface area (Å²) in [5.74, 6) is -0.0599. The maximum Gasteiger partial charge on any atom is 0.251 e. The fraction of sp³-hybridized carbons (Fsp3) is 0.188. The number of anilines is 1. The quantitative estimate of drug-likeness (QED) is 0.930. The summed E-state index contributed by atoms with van der Waals surface area (Å²) in [5, 5.41) is 2.92. The van der Waals surface area contributed by atoms with E-state index in [0.717, 1.165) is 15.7 Å². The second-order valence-corrected chi connectivity index (χ2v) is 5.67. The van der Waals surface area contributed by atoms with Crippen molar-refractivity contribution in [2.75, 3.05) is 19.0 Å². The summed E-state index contributed by atoms with van der Waals surface area (Å²) < 4.78 is 1.01. The molecule has 0 spiro atoms. The Kier molecular flexibility index (Phi) is 4.79. The molecule has 3 nitrogen and oxygen atoms in total. The van der Waals surface area contributed by atoms with E-state index < -0.39 is 0 Å². The van der Waals surface area contributed by atoms with E-state index in [4.69, 9.17) is 0 Å². The fourth-order valence-electron chi connectivity index (χ4n) is 1.84. The Morgan fingerprint density at radius 2 is 1.85 bits per heavy atom. The van der Waals surface area contributed by atoms with Crippen molar-refractivity contribution in [2.24, 2.45) is 0 Å². The lowest BCUT2D eigenvalue weighted by Crippen LogP contribution is -2.22. The molecule has 20 heavy (non-hydrogen) atoms. The average Bonchev–Trinajstić information content (AvgIpc) is 2.45. The van der Waals surface area contributed by atoms with Crippen molar-refractivity contribution < 1.29 is 4.79 Å². The molecule has 2 aromatic carbocycles. The lowest BCUT2D eigenvalue weighted by Gasteiger charge is -2.12. The number of benzene rings is 2. The highest BCUT2D eigenvalue weighted by molar-refractivity contribution is 9.10. The van der Waals surface area contributed by atoms with Gasteiger partial charge in [0.05, 0.1) is 0 Å². The second kappa shape index (κ2) is 6.57. The highest BCUT2D eigenvalue weighted by atomic mass is 79.9. The van der Waals surface area contributed by atoms with Gasteiger partial charge in [0.2, 0.25) is 0 Å². The van der Waals surface area contributed by atoms with Crippen molar-refractivity contribution >= 4 is 27.5 Å². The Balaban J connectivity index is 1.98. The molecule has 0 atom stereocenters. The van der Waals surface area contributed by atoms with Gasteiger partial charge in [-0.15, -0.1) is 0 Å². The van der Waals surface area contributed by atoms with E-state index in [0.29, 0.717) is 12.1 Å². The van der Waals surface area contributed by atoms with Crippen LogP contribution < -0.4 is 10.2 Å². The van der Waals surface area contributed by atoms with Gasteiger partial charge in [-0.2, -0.15) is 0 Å². The van der Waals surface area contributed by atoms with Gasteiger partial charge >= 0.3 is 0 Å². The van der Waals surface area contributed by atoms with Crippen LogP contribution in [-0.4, -0.2) is 20.0 Å². The Labute approximate surface area is 127 Å². The highest BCUT2D eigenvalue weighted by Gasteiger charge is 2.05. The van der Waals surface area contributed by atoms with Crippen molar-refractivity contribution in [3.63, 3.8) is 0 Å². The van der Waals surface area contributed by atoms with Crippen LogP contribution in [0.25, 0.3) is 0 Å². The number of carbonyl (C=O) groups excluding carboxylic acids is 1. The molecule has 0 aliphatic heterocycles. The van der Waals surface area contributed by atoms with E-state index >= 15 is 0 Å². The Bertz CT molecular complexity index is 594. The molecule has 4 heteroatoms. The van der Waals surface area contributed by atoms with Gasteiger partial charge in [-0.3, -0.25) is 4.79 Å². The molecular formula is C16H17BrN2O. The molecular weight excluding hydrogens is 316 g/mol. The molecule has 2 rings (SSSR count). The summed E-state index contributed by atoms with van der Waals surface area (Å²) in [6.45, 7) is 0.522. The number of nitrogens with zero attached hydrogens (tertiary/aromatic N) is 1. The van der Waals surface area contributed by atoms with Gasteiger partial charge in [-0.05, 0) is 42.0 Å². The van der Waals surface area contributed by atoms with Gasteiger partial charge in [0, 0.05) is 36.4 Å². The van der Waals surface area contributed by atoms with Crippen LogP contribution in [-0.2, 0) is 6.54 Å². The van der Waals surface area contributed by atoms with E-state index in [2.05, 4.69) is 21.2 Å². The van der Waals surface area contributed by atoms with Crippen LogP contribution in [0.15, 0.2) is 53.0 Å². The van der Waals surface area contributed by atoms with Crippen molar-refractivity contribution in [3.8, 4) is 0 Å². The van der Waals surface area contributed by atoms with E-state index in [1.165, 1.54) is 0 Å². The van der Waals surface area contributed by atoms with Crippen molar-refractivity contribution in [1.82, 2.24) is 5.32 Å². The molecule has 104 valence electrons. The van der Waals surface area contributed by atoms with Crippen LogP contribution in [0.5, 0.6) is 0 Å². The zero-order chi connectivity index (χ0) is 14.5. The van der Waals surface area contributed by atoms with E-state index in [9.17, 15) is 4.79 Å². The standard InChI is InChI=1S/C16H17BrN2O/c1-19(2)15-8-6-13(7-9-15)16(20)18-11-12-4-3-5-14(17)10-12/h3-10H,11H2,1-2H3,(H,18,20). The van der Waals surface area contributed by atoms with E-state index in [1.807, 2.05) is 67.5 Å². The lowest BCUT2D eigenvalue weighted by atomic mass is 10.1. The zero-order valence-corrected chi connectivity index (χ0v) is 13.1. The minimum Gasteiger partial charge on any atom is -0.378 e. The maximum absolute atomic E-state index is 12.0. The number of carbonyl (C=O) groups is 1. The fourth-order valence-corrected chi connectivity index (χ4v) is 2.29. The molecule has 0 radical (unpaired) electrons. The normalized spacial score (nSPS) is 10.2. The zero-order valence-electron chi connectivity index (χ0n) is 11.6. The number of amides is 1. The number of nitrogens with one attached hydrogen (secondary N) is 1. The molecule has 0 aromatic heterocycles. The number of hydrogen-bond acceptors (Lipinski definition) is 2. The lowest BCUT2D eigenvalue weighted by molar-refractivity contribution is 0.0951. The largest absolute Gasteiger partial charge is 0.378 e. The summed E-state index contributed by atoms with van der Waals surface area (Å²) in [6.07, 6.45) is 0. The van der Waals surface area contributed by atoms with Gasteiger partial charge in [0.15, 0.2) is 0 Å². The van der Waals surface area contributed by atoms with Crippen LogP contribution in [0.4, 0.5) is 5.69 Å². The second-order valence-electron chi connectivity index (χ2n) is 4.75. The molecule has 0 saturated heterocycles. The van der Waals surface area contributed by atoms with E-state index in [-0.39, 0.29) is 5.91 Å². The molecule has 0 unspecified atom stereocenters. The smallest absolute Gasteiger partial charge is 0.251 e. The highest BCUT2D eigenvalue weighted by Crippen LogP contribution is 2.13. The molecule has 0 heterocycles. The molecule has 0 saturated carbocycles. The third-order valence-corrected chi connectivity index (χ3v) is 3.48. The molecule has 2 aromatic rings. The van der Waals surface area contributed by atoms with Crippen LogP contribution in [0, 0.1) is 0 Å². The average molecular weight is 333 g/mol. The topological polar surface area (TPSA) is 32.3 Å². The summed E-state index contributed by atoms with van der Waals surface area (Å²) in [4.78, 5) is 14.1. The summed E-state index contributed by atoms with van der Waals surface area (Å²) >= 11 is 3.42. The molecule has 0 aliphatic carbocycles. The molecule has 0 fully saturated rings. The minimum absolute atomic E-state index is 0.0599. The van der Waals surface area contributed by atoms with Gasteiger partial charge in [-0.25, -0.2) is 0 Å². The van der Waals surface area contributed by atoms with Crippen LogP contribution >= 0.6 is 15.9 Å². The third kappa shape index (κ3) is 3.84. The predicted molar refractivity (Wildman–Crippen MR) is 86.1 cm³/mol. The van der Waals surface area contributed by atoms with Crippen molar-refractivity contribution in [1.29, 1.82) is 0 Å². The van der Waals surface area contributed by atoms with Crippen molar-refractivity contribution in [3.05, 3.63) is 64.1 Å². The molecule has 0 bridgehead atoms. The summed E-state index contributed by atoms with van der Waals surface area (Å²) in [6, 6.07) is 15.5. The monoisotopic (exact) mass is 332 g/mol. The first-order valence-electron chi connectivity index (χ1n) is 6.36. The maximum atomic E-state index is 12.0. The summed E-state index contributed by atoms with van der Waals surface area (Å²) in [7, 11) is 3.95. The first kappa shape index (κ1) is 14.6. The van der Waals surface area contributed by atoms with Crippen LogP contribution in [0.3, 0.4) is 0 Å². The summed E-state index contributed by atoms with van der Waals surface area (Å²) in [5.41, 5.74) is 2.82. The Morgan fingerprint density at radius 1 is 1.15 bits per heavy atom. The van der Waals surface area contributed by atoms with Gasteiger partial charge in [-0.1, -0.05) is 28.1 Å². The van der Waals surface area contributed by atoms with Gasteiger partial charge in [0.1, 0.15) is 0 Å². The SMILES string of the molecule is CN(C)c1ccc(C(=O)NCc2cccc(Br)c2)cc1. The Morgan fingerprint density at radius 3 is 2.45 bits per heavy atom.